The molecule has 0 bridgehead atoms. The average molecular weight is 279 g/mol. The summed E-state index contributed by atoms with van der Waals surface area (Å²) in [5.41, 5.74) is 1.57. The number of ketones is 2. The monoisotopic (exact) mass is 279 g/mol. The van der Waals surface area contributed by atoms with Crippen molar-refractivity contribution in [1.29, 1.82) is 0 Å². The molecule has 1 aromatic heterocycles. The highest BCUT2D eigenvalue weighted by atomic mass is 16.4. The number of hydrogen-bond acceptors (Lipinski definition) is 4. The van der Waals surface area contributed by atoms with Crippen LogP contribution in [0, 0.1) is 0 Å². The van der Waals surface area contributed by atoms with E-state index in [1.807, 2.05) is 30.3 Å². The predicted octanol–water partition coefficient (Wildman–Crippen LogP) is 3.61. The molecule has 1 heterocycles. The standard InChI is InChI=1S/C17H13NO3/c1-3-11-12(4-2)15(20)16-13(14(11)19)18-17(21-16)10-8-6-5-7-9-10/h3-9H,1-2H3/b11-3+,12-4+. The first-order valence-corrected chi connectivity index (χ1v) is 6.66. The van der Waals surface area contributed by atoms with Gasteiger partial charge in [0, 0.05) is 16.7 Å². The SMILES string of the molecule is C/C=C1/C(=O)c2nc(-c3ccccc3)oc2C(=O)/C1=C/C. The van der Waals surface area contributed by atoms with Crippen molar-refractivity contribution in [1.82, 2.24) is 4.98 Å². The van der Waals surface area contributed by atoms with Gasteiger partial charge in [0.25, 0.3) is 0 Å². The molecule has 104 valence electrons. The minimum absolute atomic E-state index is 0.0255. The molecule has 0 unspecified atom stereocenters. The molecule has 0 saturated heterocycles. The van der Waals surface area contributed by atoms with Crippen LogP contribution in [-0.4, -0.2) is 16.6 Å². The third-order valence-electron chi connectivity index (χ3n) is 3.43. The number of fused-ring (bicyclic) bond motifs is 1. The maximum absolute atomic E-state index is 12.4. The highest BCUT2D eigenvalue weighted by Crippen LogP contribution is 2.32. The van der Waals surface area contributed by atoms with Crippen LogP contribution in [0.4, 0.5) is 0 Å². The topological polar surface area (TPSA) is 60.2 Å². The quantitative estimate of drug-likeness (QED) is 0.748. The number of carbonyl (C=O) groups excluding carboxylic acids is 2. The van der Waals surface area contributed by atoms with Crippen molar-refractivity contribution in [2.45, 2.75) is 13.8 Å². The van der Waals surface area contributed by atoms with Gasteiger partial charge in [0.15, 0.2) is 5.69 Å². The zero-order valence-electron chi connectivity index (χ0n) is 11.7. The fourth-order valence-electron chi connectivity index (χ4n) is 2.40. The Labute approximate surface area is 121 Å². The summed E-state index contributed by atoms with van der Waals surface area (Å²) in [5, 5.41) is 0. The Bertz CT molecular complexity index is 747. The molecule has 0 spiro atoms. The van der Waals surface area contributed by atoms with Gasteiger partial charge in [0.2, 0.25) is 23.2 Å². The lowest BCUT2D eigenvalue weighted by Crippen LogP contribution is -2.21. The molecule has 0 radical (unpaired) electrons. The summed E-state index contributed by atoms with van der Waals surface area (Å²) in [4.78, 5) is 29.0. The summed E-state index contributed by atoms with van der Waals surface area (Å²) >= 11 is 0. The van der Waals surface area contributed by atoms with Crippen LogP contribution in [-0.2, 0) is 0 Å². The summed E-state index contributed by atoms with van der Waals surface area (Å²) in [5.74, 6) is -0.256. The second-order valence-electron chi connectivity index (χ2n) is 4.63. The minimum Gasteiger partial charge on any atom is -0.432 e. The molecule has 2 aromatic rings. The van der Waals surface area contributed by atoms with Crippen LogP contribution in [0.25, 0.3) is 11.5 Å². The normalized spacial score (nSPS) is 18.4. The first kappa shape index (κ1) is 13.2. The van der Waals surface area contributed by atoms with Crippen molar-refractivity contribution >= 4 is 11.6 Å². The molecule has 0 aliphatic heterocycles. The van der Waals surface area contributed by atoms with Crippen molar-refractivity contribution in [3.63, 3.8) is 0 Å². The number of allylic oxidation sites excluding steroid dienone is 4. The van der Waals surface area contributed by atoms with Gasteiger partial charge in [0.05, 0.1) is 0 Å². The largest absolute Gasteiger partial charge is 0.432 e. The van der Waals surface area contributed by atoms with E-state index in [4.69, 9.17) is 4.42 Å². The lowest BCUT2D eigenvalue weighted by atomic mass is 9.88. The summed E-state index contributed by atoms with van der Waals surface area (Å²) in [6, 6.07) is 9.20. The number of carbonyl (C=O) groups is 2. The van der Waals surface area contributed by atoms with Gasteiger partial charge in [-0.3, -0.25) is 9.59 Å². The smallest absolute Gasteiger partial charge is 0.231 e. The molecular weight excluding hydrogens is 266 g/mol. The molecule has 0 N–H and O–H groups in total. The number of rotatable bonds is 1. The number of benzene rings is 1. The second-order valence-corrected chi connectivity index (χ2v) is 4.63. The van der Waals surface area contributed by atoms with Crippen molar-refractivity contribution in [3.05, 3.63) is 65.1 Å². The fourth-order valence-corrected chi connectivity index (χ4v) is 2.40. The Hall–Kier alpha value is -2.75. The van der Waals surface area contributed by atoms with E-state index < -0.39 is 0 Å². The van der Waals surface area contributed by atoms with E-state index in [0.717, 1.165) is 5.56 Å². The van der Waals surface area contributed by atoms with E-state index in [9.17, 15) is 9.59 Å². The average Bonchev–Trinajstić information content (AvgIpc) is 2.97. The maximum atomic E-state index is 12.4. The summed E-state index contributed by atoms with van der Waals surface area (Å²) < 4.78 is 5.55. The van der Waals surface area contributed by atoms with E-state index in [-0.39, 0.29) is 28.9 Å². The van der Waals surface area contributed by atoms with Gasteiger partial charge in [0.1, 0.15) is 0 Å². The van der Waals surface area contributed by atoms with Crippen molar-refractivity contribution in [2.24, 2.45) is 0 Å². The van der Waals surface area contributed by atoms with E-state index in [0.29, 0.717) is 11.1 Å². The summed E-state index contributed by atoms with van der Waals surface area (Å²) in [6.45, 7) is 3.46. The van der Waals surface area contributed by atoms with Crippen LogP contribution in [0.15, 0.2) is 58.0 Å². The van der Waals surface area contributed by atoms with Crippen LogP contribution in [0.2, 0.25) is 0 Å². The van der Waals surface area contributed by atoms with Crippen molar-refractivity contribution < 1.29 is 14.0 Å². The lowest BCUT2D eigenvalue weighted by molar-refractivity contribution is 0.0952. The first-order chi connectivity index (χ1) is 10.2. The van der Waals surface area contributed by atoms with Crippen LogP contribution < -0.4 is 0 Å². The molecule has 3 rings (SSSR count). The van der Waals surface area contributed by atoms with Gasteiger partial charge in [-0.15, -0.1) is 0 Å². The number of oxazole rings is 1. The van der Waals surface area contributed by atoms with Gasteiger partial charge in [-0.05, 0) is 26.0 Å². The molecule has 1 aliphatic rings. The van der Waals surface area contributed by atoms with Crippen LogP contribution >= 0.6 is 0 Å². The fraction of sp³-hybridized carbons (Fsp3) is 0.118. The van der Waals surface area contributed by atoms with Gasteiger partial charge in [-0.25, -0.2) is 4.98 Å². The number of hydrogen-bond donors (Lipinski definition) is 0. The molecule has 1 aliphatic carbocycles. The van der Waals surface area contributed by atoms with E-state index >= 15 is 0 Å². The molecule has 4 nitrogen and oxygen atoms in total. The summed E-state index contributed by atoms with van der Waals surface area (Å²) in [6.07, 6.45) is 3.26. The molecule has 0 amide bonds. The van der Waals surface area contributed by atoms with Gasteiger partial charge >= 0.3 is 0 Å². The molecule has 21 heavy (non-hydrogen) atoms. The number of Topliss-reactive ketones (excluding diaryl/α,β-unsaturated/α-hetero) is 2. The van der Waals surface area contributed by atoms with Gasteiger partial charge in [-0.2, -0.15) is 0 Å². The Kier molecular flexibility index (Phi) is 3.14. The highest BCUT2D eigenvalue weighted by Gasteiger charge is 2.37. The zero-order chi connectivity index (χ0) is 15.0. The molecule has 0 saturated carbocycles. The van der Waals surface area contributed by atoms with E-state index in [1.54, 1.807) is 26.0 Å². The van der Waals surface area contributed by atoms with E-state index in [1.165, 1.54) is 0 Å². The van der Waals surface area contributed by atoms with Crippen LogP contribution in [0.5, 0.6) is 0 Å². The Morgan fingerprint density at radius 1 is 0.952 bits per heavy atom. The van der Waals surface area contributed by atoms with Crippen molar-refractivity contribution in [3.8, 4) is 11.5 Å². The first-order valence-electron chi connectivity index (χ1n) is 6.66. The Balaban J connectivity index is 2.20. The summed E-state index contributed by atoms with van der Waals surface area (Å²) in [7, 11) is 0. The minimum atomic E-state index is -0.296. The molecule has 0 fully saturated rings. The third kappa shape index (κ3) is 1.96. The zero-order valence-corrected chi connectivity index (χ0v) is 11.7. The number of nitrogens with zero attached hydrogens (tertiary/aromatic N) is 1. The van der Waals surface area contributed by atoms with Gasteiger partial charge < -0.3 is 4.42 Å². The van der Waals surface area contributed by atoms with Crippen LogP contribution in [0.3, 0.4) is 0 Å². The van der Waals surface area contributed by atoms with Crippen molar-refractivity contribution in [2.75, 3.05) is 0 Å². The van der Waals surface area contributed by atoms with Crippen LogP contribution in [0.1, 0.15) is 34.9 Å². The Morgan fingerprint density at radius 3 is 2.19 bits per heavy atom. The number of aromatic nitrogens is 1. The van der Waals surface area contributed by atoms with E-state index in [2.05, 4.69) is 4.98 Å². The molecular formula is C17H13NO3. The maximum Gasteiger partial charge on any atom is 0.231 e. The Morgan fingerprint density at radius 2 is 1.57 bits per heavy atom. The molecule has 4 heteroatoms. The lowest BCUT2D eigenvalue weighted by Gasteiger charge is -2.13. The molecule has 0 atom stereocenters. The third-order valence-corrected chi connectivity index (χ3v) is 3.43. The van der Waals surface area contributed by atoms with Gasteiger partial charge in [-0.1, -0.05) is 30.4 Å². The predicted molar refractivity (Wildman–Crippen MR) is 78.1 cm³/mol. The second kappa shape index (κ2) is 4.98. The molecule has 1 aromatic carbocycles. The highest BCUT2D eigenvalue weighted by molar-refractivity contribution is 6.29.